The summed E-state index contributed by atoms with van der Waals surface area (Å²) >= 11 is 0. The van der Waals surface area contributed by atoms with Gasteiger partial charge in [-0.1, -0.05) is 45.0 Å². The first-order valence-corrected chi connectivity index (χ1v) is 18.5. The van der Waals surface area contributed by atoms with Crippen LogP contribution in [0.25, 0.3) is 16.8 Å². The Labute approximate surface area is 352 Å². The number of nitrogens with two attached hydrogens (primary N) is 1. The number of carbonyl (C=O) groups is 4. The number of carbonyl (C=O) groups excluding carboxylic acids is 4. The number of alkyl halides is 4. The van der Waals surface area contributed by atoms with Gasteiger partial charge in [-0.2, -0.15) is 18.2 Å². The number of rotatable bonds is 12. The third-order valence-corrected chi connectivity index (χ3v) is 9.49. The third kappa shape index (κ3) is 11.1. The molecule has 1 aliphatic heterocycles. The van der Waals surface area contributed by atoms with E-state index in [-0.39, 0.29) is 48.3 Å². The van der Waals surface area contributed by atoms with Crippen LogP contribution in [0.4, 0.5) is 44.1 Å². The van der Waals surface area contributed by atoms with Gasteiger partial charge in [0.1, 0.15) is 23.8 Å². The van der Waals surface area contributed by atoms with Crippen LogP contribution < -0.4 is 20.7 Å². The number of nitrogens with one attached hydrogen (secondary N) is 1. The molecule has 0 radical (unpaired) electrons. The highest BCUT2D eigenvalue weighted by Crippen LogP contribution is 2.37. The number of ether oxygens (including phenoxy) is 3. The van der Waals surface area contributed by atoms with Gasteiger partial charge in [-0.3, -0.25) is 14.4 Å². The maximum Gasteiger partial charge on any atom is 0.424 e. The number of benzene rings is 3. The van der Waals surface area contributed by atoms with E-state index in [4.69, 9.17) is 19.9 Å². The van der Waals surface area contributed by atoms with Gasteiger partial charge >= 0.3 is 18.2 Å². The number of aromatic nitrogens is 3. The fraction of sp³-hybridized carbons (Fsp3) is 0.317. The summed E-state index contributed by atoms with van der Waals surface area (Å²) in [5, 5.41) is 7.24. The smallest absolute Gasteiger partial charge is 0.424 e. The van der Waals surface area contributed by atoms with Crippen LogP contribution >= 0.6 is 12.4 Å². The van der Waals surface area contributed by atoms with E-state index in [0.717, 1.165) is 17.0 Å². The second-order valence-electron chi connectivity index (χ2n) is 15.0. The van der Waals surface area contributed by atoms with Crippen molar-refractivity contribution in [1.29, 1.82) is 0 Å². The highest BCUT2D eigenvalue weighted by atomic mass is 35.5. The molecule has 6 rings (SSSR count). The van der Waals surface area contributed by atoms with Gasteiger partial charge in [0.05, 0.1) is 24.7 Å². The van der Waals surface area contributed by atoms with Crippen LogP contribution in [0.3, 0.4) is 0 Å². The molecule has 14 nitrogen and oxygen atoms in total. The molecule has 0 unspecified atom stereocenters. The summed E-state index contributed by atoms with van der Waals surface area (Å²) in [4.78, 5) is 58.5. The Morgan fingerprint density at radius 2 is 1.59 bits per heavy atom. The van der Waals surface area contributed by atoms with Crippen LogP contribution in [0.15, 0.2) is 85.1 Å². The number of halogens is 6. The van der Waals surface area contributed by atoms with E-state index in [9.17, 15) is 41.1 Å². The summed E-state index contributed by atoms with van der Waals surface area (Å²) in [7, 11) is 0. The molecule has 0 saturated carbocycles. The van der Waals surface area contributed by atoms with E-state index in [1.807, 2.05) is 0 Å². The van der Waals surface area contributed by atoms with Crippen molar-refractivity contribution in [3.8, 4) is 16.9 Å². The van der Waals surface area contributed by atoms with Crippen molar-refractivity contribution in [3.05, 3.63) is 102 Å². The number of likely N-dealkylation sites (tertiary alicyclic amines) is 1. The first kappa shape index (κ1) is 45.7. The van der Waals surface area contributed by atoms with E-state index >= 15 is 0 Å². The minimum atomic E-state index is -4.84. The van der Waals surface area contributed by atoms with E-state index in [0.29, 0.717) is 27.3 Å². The van der Waals surface area contributed by atoms with Crippen molar-refractivity contribution in [2.45, 2.75) is 52.0 Å². The summed E-state index contributed by atoms with van der Waals surface area (Å²) in [6.07, 6.45) is -5.84. The van der Waals surface area contributed by atoms with E-state index in [2.05, 4.69) is 15.4 Å². The molecule has 1 fully saturated rings. The summed E-state index contributed by atoms with van der Waals surface area (Å²) in [6.45, 7) is 3.58. The minimum Gasteiger partial charge on any atom is -0.482 e. The molecule has 1 saturated heterocycles. The van der Waals surface area contributed by atoms with Gasteiger partial charge in [0.25, 0.3) is 11.9 Å². The summed E-state index contributed by atoms with van der Waals surface area (Å²) in [6, 6.07) is 17.9. The number of amides is 3. The Morgan fingerprint density at radius 3 is 2.21 bits per heavy atom. The van der Waals surface area contributed by atoms with Gasteiger partial charge < -0.3 is 30.2 Å². The topological polar surface area (TPSA) is 171 Å². The zero-order chi connectivity index (χ0) is 43.5. The molecule has 324 valence electrons. The van der Waals surface area contributed by atoms with Crippen molar-refractivity contribution in [2.75, 3.05) is 36.7 Å². The van der Waals surface area contributed by atoms with Crippen LogP contribution in [0, 0.1) is 11.2 Å². The molecule has 3 heterocycles. The molecule has 2 aromatic heterocycles. The van der Waals surface area contributed by atoms with Gasteiger partial charge in [-0.05, 0) is 78.1 Å². The second kappa shape index (κ2) is 18.5. The number of nitrogens with zero attached hydrogens (tertiary/aromatic N) is 5. The molecule has 1 aliphatic rings. The number of hydrogen-bond donors (Lipinski definition) is 2. The molecule has 61 heavy (non-hydrogen) atoms. The third-order valence-electron chi connectivity index (χ3n) is 9.49. The van der Waals surface area contributed by atoms with Crippen LogP contribution in [0.2, 0.25) is 0 Å². The highest BCUT2D eigenvalue weighted by Gasteiger charge is 2.35. The van der Waals surface area contributed by atoms with E-state index < -0.39 is 78.6 Å². The van der Waals surface area contributed by atoms with Crippen LogP contribution in [-0.4, -0.2) is 88.3 Å². The molecular formula is C41H41ClF5N7O7. The number of anilines is 3. The lowest BCUT2D eigenvalue weighted by atomic mass is 9.87. The Hall–Kier alpha value is -6.34. The van der Waals surface area contributed by atoms with E-state index in [1.54, 1.807) is 70.3 Å². The molecule has 0 bridgehead atoms. The SMILES string of the molecule is C[C@@H](C(=O)Nc1ccc(-c2ccc3nc(N(C(=O)OCOC(=O)[C@@H](N)C(C)(C)C)c4ccc(C(=O)N5CC(F)C5)cc4OCC(F)(F)F)nn3c2)cc1)c1ccc(F)cc1.Cl. The first-order chi connectivity index (χ1) is 28.3. The minimum absolute atomic E-state index is 0. The monoisotopic (exact) mass is 873 g/mol. The summed E-state index contributed by atoms with van der Waals surface area (Å²) < 4.78 is 84.0. The molecule has 0 aliphatic carbocycles. The average Bonchev–Trinajstić information content (AvgIpc) is 3.61. The van der Waals surface area contributed by atoms with Crippen LogP contribution in [0.1, 0.15) is 49.5 Å². The lowest BCUT2D eigenvalue weighted by molar-refractivity contribution is -0.156. The Morgan fingerprint density at radius 1 is 0.934 bits per heavy atom. The Kier molecular flexibility index (Phi) is 13.9. The molecule has 20 heteroatoms. The predicted molar refractivity (Wildman–Crippen MR) is 215 cm³/mol. The molecule has 0 spiro atoms. The van der Waals surface area contributed by atoms with Gasteiger partial charge in [-0.15, -0.1) is 17.5 Å². The van der Waals surface area contributed by atoms with Crippen molar-refractivity contribution < 1.29 is 55.3 Å². The highest BCUT2D eigenvalue weighted by molar-refractivity contribution is 6.00. The maximum absolute atomic E-state index is 13.8. The largest absolute Gasteiger partial charge is 0.482 e. The van der Waals surface area contributed by atoms with Crippen LogP contribution in [0.5, 0.6) is 5.75 Å². The zero-order valence-electron chi connectivity index (χ0n) is 33.1. The number of esters is 1. The zero-order valence-corrected chi connectivity index (χ0v) is 33.9. The quantitative estimate of drug-likeness (QED) is 0.0724. The van der Waals surface area contributed by atoms with Crippen molar-refractivity contribution in [2.24, 2.45) is 11.1 Å². The Bertz CT molecular complexity index is 2390. The summed E-state index contributed by atoms with van der Waals surface area (Å²) in [5.74, 6) is -3.87. The number of hydrogen-bond acceptors (Lipinski definition) is 10. The molecule has 3 amide bonds. The lowest BCUT2D eigenvalue weighted by Crippen LogP contribution is -2.51. The van der Waals surface area contributed by atoms with Gasteiger partial charge in [-0.25, -0.2) is 23.0 Å². The number of fused-ring (bicyclic) bond motifs is 1. The average molecular weight is 874 g/mol. The fourth-order valence-electron chi connectivity index (χ4n) is 5.85. The van der Waals surface area contributed by atoms with Crippen molar-refractivity contribution in [1.82, 2.24) is 19.5 Å². The standard InChI is InChI=1S/C41H40F5N7O7.ClH/c1-23(24-5-11-28(42)12-6-24)35(54)48-30-13-7-25(8-14-30)27-10-16-33-49-38(50-52(33)18-27)53(39(57)60-22-59-37(56)34(47)40(2,3)4)31-15-9-26(36(55)51-19-29(43)20-51)17-32(31)58-21-41(44,45)46;/h5-18,23,29,34H,19-22,47H2,1-4H3,(H,48,54);1H/t23-,34-;/m1./s1. The normalized spacial score (nSPS) is 14.0. The van der Waals surface area contributed by atoms with Crippen molar-refractivity contribution in [3.63, 3.8) is 0 Å². The molecular weight excluding hydrogens is 833 g/mol. The number of pyridine rings is 1. The van der Waals surface area contributed by atoms with Crippen LogP contribution in [-0.2, 0) is 19.1 Å². The fourth-order valence-corrected chi connectivity index (χ4v) is 5.85. The van der Waals surface area contributed by atoms with Gasteiger partial charge in [0.15, 0.2) is 12.3 Å². The van der Waals surface area contributed by atoms with E-state index in [1.165, 1.54) is 34.8 Å². The van der Waals surface area contributed by atoms with Crippen molar-refractivity contribution >= 4 is 59.3 Å². The molecule has 5 aromatic rings. The molecule has 2 atom stereocenters. The predicted octanol–water partition coefficient (Wildman–Crippen LogP) is 7.58. The molecule has 3 N–H and O–H groups in total. The first-order valence-electron chi connectivity index (χ1n) is 18.5. The lowest BCUT2D eigenvalue weighted by Gasteiger charge is -2.34. The second-order valence-corrected chi connectivity index (χ2v) is 15.0. The summed E-state index contributed by atoms with van der Waals surface area (Å²) in [5.41, 5.74) is 7.29. The van der Waals surface area contributed by atoms with Gasteiger partial charge in [0, 0.05) is 23.0 Å². The Balaban J connectivity index is 0.00000704. The van der Waals surface area contributed by atoms with Gasteiger partial charge in [0.2, 0.25) is 12.7 Å². The molecule has 3 aromatic carbocycles. The maximum atomic E-state index is 13.8.